The van der Waals surface area contributed by atoms with Gasteiger partial charge in [0.15, 0.2) is 5.70 Å². The van der Waals surface area contributed by atoms with Gasteiger partial charge in [-0.2, -0.15) is 0 Å². The standard InChI is InChI=1S/C22H20ClNO2/c1-22(2,3)17-11-9-16(10-12-17)20-24-19(21(25)26-20)14-18(23)13-15-7-5-4-6-8-15/h4-14H,1-3H3/b18-13-,19-14-. The number of halogens is 1. The number of carbonyl (C=O) groups is 1. The Hall–Kier alpha value is -2.65. The zero-order valence-corrected chi connectivity index (χ0v) is 15.7. The summed E-state index contributed by atoms with van der Waals surface area (Å²) in [6.07, 6.45) is 3.29. The maximum atomic E-state index is 12.1. The lowest BCUT2D eigenvalue weighted by Crippen LogP contribution is -2.11. The molecule has 1 aliphatic rings. The first-order valence-corrected chi connectivity index (χ1v) is 8.76. The molecule has 1 aliphatic heterocycles. The molecule has 3 rings (SSSR count). The van der Waals surface area contributed by atoms with Crippen LogP contribution in [0.4, 0.5) is 0 Å². The van der Waals surface area contributed by atoms with E-state index in [1.165, 1.54) is 11.6 Å². The van der Waals surface area contributed by atoms with Crippen LogP contribution in [0.2, 0.25) is 0 Å². The van der Waals surface area contributed by atoms with E-state index >= 15 is 0 Å². The third kappa shape index (κ3) is 4.30. The number of allylic oxidation sites excluding steroid dienone is 2. The average Bonchev–Trinajstić information content (AvgIpc) is 2.96. The minimum absolute atomic E-state index is 0.0630. The number of rotatable bonds is 3. The molecular weight excluding hydrogens is 346 g/mol. The molecule has 0 aromatic heterocycles. The summed E-state index contributed by atoms with van der Waals surface area (Å²) in [6, 6.07) is 17.5. The van der Waals surface area contributed by atoms with Crippen molar-refractivity contribution in [3.63, 3.8) is 0 Å². The van der Waals surface area contributed by atoms with E-state index in [9.17, 15) is 4.79 Å². The number of hydrogen-bond acceptors (Lipinski definition) is 3. The highest BCUT2D eigenvalue weighted by Crippen LogP contribution is 2.24. The van der Waals surface area contributed by atoms with Crippen LogP contribution < -0.4 is 0 Å². The van der Waals surface area contributed by atoms with E-state index in [1.54, 1.807) is 6.08 Å². The zero-order valence-electron chi connectivity index (χ0n) is 15.0. The molecule has 0 saturated carbocycles. The van der Waals surface area contributed by atoms with Crippen molar-refractivity contribution in [2.24, 2.45) is 4.99 Å². The van der Waals surface area contributed by atoms with Gasteiger partial charge >= 0.3 is 5.97 Å². The third-order valence-corrected chi connectivity index (χ3v) is 4.22. The molecule has 2 aromatic rings. The second-order valence-electron chi connectivity index (χ2n) is 7.10. The maximum absolute atomic E-state index is 12.1. The van der Waals surface area contributed by atoms with Crippen LogP contribution >= 0.6 is 11.6 Å². The normalized spacial score (nSPS) is 16.6. The van der Waals surface area contributed by atoms with Crippen molar-refractivity contribution in [1.29, 1.82) is 0 Å². The summed E-state index contributed by atoms with van der Waals surface area (Å²) in [4.78, 5) is 16.4. The van der Waals surface area contributed by atoms with Gasteiger partial charge < -0.3 is 4.74 Å². The van der Waals surface area contributed by atoms with Gasteiger partial charge in [0, 0.05) is 10.6 Å². The number of benzene rings is 2. The van der Waals surface area contributed by atoms with Crippen molar-refractivity contribution in [2.45, 2.75) is 26.2 Å². The Bertz CT molecular complexity index is 901. The Morgan fingerprint density at radius 3 is 2.31 bits per heavy atom. The van der Waals surface area contributed by atoms with E-state index in [0.717, 1.165) is 11.1 Å². The quantitative estimate of drug-likeness (QED) is 0.535. The largest absolute Gasteiger partial charge is 0.402 e. The van der Waals surface area contributed by atoms with Crippen molar-refractivity contribution >= 4 is 29.5 Å². The van der Waals surface area contributed by atoms with Crippen LogP contribution in [0.25, 0.3) is 6.08 Å². The summed E-state index contributed by atoms with van der Waals surface area (Å²) in [7, 11) is 0. The smallest absolute Gasteiger partial charge is 0.363 e. The van der Waals surface area contributed by atoms with Gasteiger partial charge in [-0.1, -0.05) is 74.8 Å². The number of aliphatic imine (C=N–C) groups is 1. The minimum Gasteiger partial charge on any atom is -0.402 e. The first-order chi connectivity index (χ1) is 12.3. The van der Waals surface area contributed by atoms with Crippen molar-refractivity contribution in [3.05, 3.63) is 88.1 Å². The summed E-state index contributed by atoms with van der Waals surface area (Å²) >= 11 is 6.23. The molecule has 0 fully saturated rings. The van der Waals surface area contributed by atoms with Gasteiger partial charge in [-0.3, -0.25) is 0 Å². The first kappa shape index (κ1) is 18.2. The molecule has 132 valence electrons. The first-order valence-electron chi connectivity index (χ1n) is 8.39. The lowest BCUT2D eigenvalue weighted by molar-refractivity contribution is -0.130. The van der Waals surface area contributed by atoms with Crippen molar-refractivity contribution in [2.75, 3.05) is 0 Å². The molecular formula is C22H20ClNO2. The molecule has 0 radical (unpaired) electrons. The highest BCUT2D eigenvalue weighted by molar-refractivity contribution is 6.33. The van der Waals surface area contributed by atoms with E-state index in [1.807, 2.05) is 54.6 Å². The Balaban J connectivity index is 1.84. The molecule has 26 heavy (non-hydrogen) atoms. The molecule has 4 heteroatoms. The van der Waals surface area contributed by atoms with Crippen molar-refractivity contribution in [1.82, 2.24) is 0 Å². The summed E-state index contributed by atoms with van der Waals surface area (Å²) in [5, 5.41) is 0.413. The minimum atomic E-state index is -0.500. The molecule has 0 spiro atoms. The van der Waals surface area contributed by atoms with Crippen LogP contribution in [-0.4, -0.2) is 11.9 Å². The number of nitrogens with zero attached hydrogens (tertiary/aromatic N) is 1. The van der Waals surface area contributed by atoms with Crippen LogP contribution in [-0.2, 0) is 14.9 Å². The fraction of sp³-hybridized carbons (Fsp3) is 0.182. The van der Waals surface area contributed by atoms with Gasteiger partial charge in [0.05, 0.1) is 0 Å². The molecule has 0 bridgehead atoms. The number of carbonyl (C=O) groups excluding carboxylic acids is 1. The average molecular weight is 366 g/mol. The third-order valence-electron chi connectivity index (χ3n) is 4.00. The summed E-state index contributed by atoms with van der Waals surface area (Å²) in [5.41, 5.74) is 3.17. The predicted octanol–water partition coefficient (Wildman–Crippen LogP) is 5.45. The monoisotopic (exact) mass is 365 g/mol. The van der Waals surface area contributed by atoms with Crippen LogP contribution in [0, 0.1) is 0 Å². The van der Waals surface area contributed by atoms with Crippen LogP contribution in [0.1, 0.15) is 37.5 Å². The number of cyclic esters (lactones) is 1. The Kier molecular flexibility index (Phi) is 5.10. The number of hydrogen-bond donors (Lipinski definition) is 0. The van der Waals surface area contributed by atoms with Crippen molar-refractivity contribution in [3.8, 4) is 0 Å². The maximum Gasteiger partial charge on any atom is 0.363 e. The number of esters is 1. The van der Waals surface area contributed by atoms with Gasteiger partial charge in [0.2, 0.25) is 5.90 Å². The fourth-order valence-electron chi connectivity index (χ4n) is 2.53. The fourth-order valence-corrected chi connectivity index (χ4v) is 2.76. The van der Waals surface area contributed by atoms with Gasteiger partial charge in [-0.25, -0.2) is 9.79 Å². The van der Waals surface area contributed by atoms with Crippen LogP contribution in [0.3, 0.4) is 0 Å². The molecule has 0 saturated heterocycles. The predicted molar refractivity (Wildman–Crippen MR) is 106 cm³/mol. The molecule has 0 N–H and O–H groups in total. The molecule has 0 unspecified atom stereocenters. The van der Waals surface area contributed by atoms with Gasteiger partial charge in [-0.15, -0.1) is 0 Å². The van der Waals surface area contributed by atoms with E-state index in [0.29, 0.717) is 10.9 Å². The molecule has 0 aliphatic carbocycles. The number of ether oxygens (including phenoxy) is 1. The Labute approximate surface area is 158 Å². The Morgan fingerprint density at radius 2 is 1.69 bits per heavy atom. The van der Waals surface area contributed by atoms with Gasteiger partial charge in [-0.05, 0) is 40.8 Å². The lowest BCUT2D eigenvalue weighted by atomic mass is 9.87. The zero-order chi connectivity index (χ0) is 18.7. The van der Waals surface area contributed by atoms with E-state index in [4.69, 9.17) is 16.3 Å². The Morgan fingerprint density at radius 1 is 1.04 bits per heavy atom. The van der Waals surface area contributed by atoms with Gasteiger partial charge in [0.1, 0.15) is 0 Å². The van der Waals surface area contributed by atoms with Gasteiger partial charge in [0.25, 0.3) is 0 Å². The van der Waals surface area contributed by atoms with Crippen LogP contribution in [0.15, 0.2) is 76.4 Å². The van der Waals surface area contributed by atoms with E-state index in [2.05, 4.69) is 25.8 Å². The SMILES string of the molecule is CC(C)(C)c1ccc(C2=N/C(=C\C(Cl)=C\c3ccccc3)C(=O)O2)cc1. The second-order valence-corrected chi connectivity index (χ2v) is 7.54. The highest BCUT2D eigenvalue weighted by atomic mass is 35.5. The summed E-state index contributed by atoms with van der Waals surface area (Å²) in [5.74, 6) is -0.203. The van der Waals surface area contributed by atoms with Crippen molar-refractivity contribution < 1.29 is 9.53 Å². The lowest BCUT2D eigenvalue weighted by Gasteiger charge is -2.18. The summed E-state index contributed by atoms with van der Waals surface area (Å²) < 4.78 is 5.29. The van der Waals surface area contributed by atoms with E-state index < -0.39 is 5.97 Å². The molecule has 3 nitrogen and oxygen atoms in total. The summed E-state index contributed by atoms with van der Waals surface area (Å²) in [6.45, 7) is 6.45. The van der Waals surface area contributed by atoms with Crippen LogP contribution in [0.5, 0.6) is 0 Å². The molecule has 0 atom stereocenters. The van der Waals surface area contributed by atoms with E-state index in [-0.39, 0.29) is 11.1 Å². The topological polar surface area (TPSA) is 38.7 Å². The second kappa shape index (κ2) is 7.30. The molecule has 1 heterocycles. The highest BCUT2D eigenvalue weighted by Gasteiger charge is 2.24. The molecule has 0 amide bonds. The molecule has 2 aromatic carbocycles.